The number of hydrogen-bond donors (Lipinski definition) is 0. The molecule has 0 aliphatic heterocycles. The number of nitrogens with zero attached hydrogens (tertiary/aromatic N) is 1. The highest BCUT2D eigenvalue weighted by Crippen LogP contribution is 2.24. The van der Waals surface area contributed by atoms with Gasteiger partial charge in [0, 0.05) is 24.7 Å². The molecule has 0 N–H and O–H groups in total. The second-order valence-corrected chi connectivity index (χ2v) is 6.02. The number of Topliss-reactive ketones (excluding diaryl/α,β-unsaturated/α-hetero) is 2. The second kappa shape index (κ2) is 8.20. The number of ketones is 2. The van der Waals surface area contributed by atoms with Crippen LogP contribution in [-0.4, -0.2) is 28.7 Å². The molecule has 0 fully saturated rings. The van der Waals surface area contributed by atoms with E-state index in [1.54, 1.807) is 13.8 Å². The third-order valence-corrected chi connectivity index (χ3v) is 4.00. The average molecular weight is 379 g/mol. The SMILES string of the molecule is CCOC(=O)c1cn(CC)c2c(F)c(CC(=O)CC(C)=O)c(F)cc2c1=O. The summed E-state index contributed by atoms with van der Waals surface area (Å²) in [5.41, 5.74) is -1.90. The zero-order chi connectivity index (χ0) is 20.3. The third kappa shape index (κ3) is 4.10. The Balaban J connectivity index is 2.71. The molecule has 1 heterocycles. The van der Waals surface area contributed by atoms with Gasteiger partial charge in [0.2, 0.25) is 5.43 Å². The summed E-state index contributed by atoms with van der Waals surface area (Å²) in [6.07, 6.45) is 0.120. The van der Waals surface area contributed by atoms with E-state index in [0.29, 0.717) is 0 Å². The van der Waals surface area contributed by atoms with Crippen LogP contribution in [-0.2, 0) is 27.3 Å². The topological polar surface area (TPSA) is 82.4 Å². The predicted molar refractivity (Wildman–Crippen MR) is 93.8 cm³/mol. The standard InChI is InChI=1S/C19H19F2NO5/c1-4-22-9-14(19(26)27-5-2)18(25)13-8-15(20)12(16(21)17(13)22)7-11(24)6-10(3)23/h8-9H,4-7H2,1-3H3. The van der Waals surface area contributed by atoms with Gasteiger partial charge in [0.05, 0.1) is 23.9 Å². The minimum atomic E-state index is -1.09. The number of hydrogen-bond acceptors (Lipinski definition) is 5. The van der Waals surface area contributed by atoms with Crippen LogP contribution >= 0.6 is 0 Å². The van der Waals surface area contributed by atoms with Gasteiger partial charge in [-0.15, -0.1) is 0 Å². The van der Waals surface area contributed by atoms with Crippen molar-refractivity contribution in [1.82, 2.24) is 4.57 Å². The number of ether oxygens (including phenoxy) is 1. The first-order valence-corrected chi connectivity index (χ1v) is 8.43. The van der Waals surface area contributed by atoms with Crippen molar-refractivity contribution in [3.05, 3.63) is 45.2 Å². The molecule has 2 rings (SSSR count). The summed E-state index contributed by atoms with van der Waals surface area (Å²) < 4.78 is 35.5. The van der Waals surface area contributed by atoms with Gasteiger partial charge in [-0.2, -0.15) is 0 Å². The van der Waals surface area contributed by atoms with E-state index in [0.717, 1.165) is 12.3 Å². The number of halogens is 2. The fourth-order valence-electron chi connectivity index (χ4n) is 2.83. The minimum Gasteiger partial charge on any atom is -0.462 e. The molecule has 0 bridgehead atoms. The molecule has 8 heteroatoms. The zero-order valence-corrected chi connectivity index (χ0v) is 15.2. The summed E-state index contributed by atoms with van der Waals surface area (Å²) in [5, 5.41) is -0.319. The van der Waals surface area contributed by atoms with Crippen molar-refractivity contribution in [2.75, 3.05) is 6.61 Å². The maximum atomic E-state index is 15.0. The van der Waals surface area contributed by atoms with Crippen LogP contribution in [0.1, 0.15) is 43.1 Å². The Kier molecular flexibility index (Phi) is 6.20. The van der Waals surface area contributed by atoms with Crippen LogP contribution in [0.15, 0.2) is 17.1 Å². The van der Waals surface area contributed by atoms with E-state index in [4.69, 9.17) is 4.74 Å². The summed E-state index contributed by atoms with van der Waals surface area (Å²) in [6.45, 7) is 4.66. The predicted octanol–water partition coefficient (Wildman–Crippen LogP) is 2.57. The van der Waals surface area contributed by atoms with E-state index in [1.807, 2.05) is 0 Å². The third-order valence-electron chi connectivity index (χ3n) is 4.00. The Morgan fingerprint density at radius 1 is 1.19 bits per heavy atom. The van der Waals surface area contributed by atoms with Crippen molar-refractivity contribution in [3.8, 4) is 0 Å². The van der Waals surface area contributed by atoms with E-state index < -0.39 is 53.0 Å². The van der Waals surface area contributed by atoms with Gasteiger partial charge in [-0.3, -0.25) is 14.4 Å². The Morgan fingerprint density at radius 2 is 1.85 bits per heavy atom. The van der Waals surface area contributed by atoms with Gasteiger partial charge < -0.3 is 9.30 Å². The quantitative estimate of drug-likeness (QED) is 0.545. The molecule has 6 nitrogen and oxygen atoms in total. The van der Waals surface area contributed by atoms with Crippen molar-refractivity contribution >= 4 is 28.4 Å². The summed E-state index contributed by atoms with van der Waals surface area (Å²) >= 11 is 0. The number of benzene rings is 1. The number of pyridine rings is 1. The van der Waals surface area contributed by atoms with Gasteiger partial charge in [0.1, 0.15) is 22.9 Å². The highest BCUT2D eigenvalue weighted by molar-refractivity contribution is 5.99. The van der Waals surface area contributed by atoms with E-state index in [2.05, 4.69) is 0 Å². The molecule has 0 amide bonds. The number of aryl methyl sites for hydroxylation is 1. The van der Waals surface area contributed by atoms with Crippen LogP contribution in [0.5, 0.6) is 0 Å². The summed E-state index contributed by atoms with van der Waals surface area (Å²) in [5.74, 6) is -4.07. The van der Waals surface area contributed by atoms with Gasteiger partial charge in [0.25, 0.3) is 0 Å². The molecule has 0 aliphatic rings. The lowest BCUT2D eigenvalue weighted by molar-refractivity contribution is -0.125. The van der Waals surface area contributed by atoms with Crippen LogP contribution in [0.2, 0.25) is 0 Å². The first-order chi connectivity index (χ1) is 12.7. The summed E-state index contributed by atoms with van der Waals surface area (Å²) in [7, 11) is 0. The normalized spacial score (nSPS) is 10.9. The van der Waals surface area contributed by atoms with Crippen molar-refractivity contribution in [2.24, 2.45) is 0 Å². The lowest BCUT2D eigenvalue weighted by Gasteiger charge is -2.14. The molecule has 0 saturated heterocycles. The van der Waals surface area contributed by atoms with Crippen molar-refractivity contribution in [2.45, 2.75) is 40.2 Å². The van der Waals surface area contributed by atoms with Gasteiger partial charge >= 0.3 is 5.97 Å². The van der Waals surface area contributed by atoms with E-state index in [9.17, 15) is 28.0 Å². The second-order valence-electron chi connectivity index (χ2n) is 6.02. The Bertz CT molecular complexity index is 994. The van der Waals surface area contributed by atoms with E-state index >= 15 is 0 Å². The number of aromatic nitrogens is 1. The van der Waals surface area contributed by atoms with Crippen molar-refractivity contribution in [1.29, 1.82) is 0 Å². The number of esters is 1. The van der Waals surface area contributed by atoms with Gasteiger partial charge in [0.15, 0.2) is 5.82 Å². The lowest BCUT2D eigenvalue weighted by Crippen LogP contribution is -2.22. The van der Waals surface area contributed by atoms with Gasteiger partial charge in [-0.05, 0) is 26.8 Å². The molecule has 0 unspecified atom stereocenters. The molecular weight excluding hydrogens is 360 g/mol. The number of carbonyl (C=O) groups is 3. The molecule has 0 saturated carbocycles. The highest BCUT2D eigenvalue weighted by atomic mass is 19.1. The van der Waals surface area contributed by atoms with Gasteiger partial charge in [-0.25, -0.2) is 13.6 Å². The molecular formula is C19H19F2NO5. The molecule has 1 aromatic heterocycles. The first-order valence-electron chi connectivity index (χ1n) is 8.43. The highest BCUT2D eigenvalue weighted by Gasteiger charge is 2.23. The minimum absolute atomic E-state index is 0.0440. The van der Waals surface area contributed by atoms with Crippen LogP contribution in [0.25, 0.3) is 10.9 Å². The number of fused-ring (bicyclic) bond motifs is 1. The van der Waals surface area contributed by atoms with Crippen molar-refractivity contribution < 1.29 is 27.9 Å². The first kappa shape index (κ1) is 20.4. The molecule has 1 aromatic carbocycles. The monoisotopic (exact) mass is 379 g/mol. The Labute approximate surface area is 153 Å². The fourth-order valence-corrected chi connectivity index (χ4v) is 2.83. The maximum Gasteiger partial charge on any atom is 0.343 e. The van der Waals surface area contributed by atoms with E-state index in [1.165, 1.54) is 11.5 Å². The van der Waals surface area contributed by atoms with Crippen LogP contribution in [0.3, 0.4) is 0 Å². The largest absolute Gasteiger partial charge is 0.462 e. The molecule has 0 aliphatic carbocycles. The smallest absolute Gasteiger partial charge is 0.343 e. The fraction of sp³-hybridized carbons (Fsp3) is 0.368. The molecule has 0 spiro atoms. The molecule has 0 atom stereocenters. The molecule has 144 valence electrons. The molecule has 2 aromatic rings. The number of carbonyl (C=O) groups excluding carboxylic acids is 3. The molecule has 27 heavy (non-hydrogen) atoms. The Hall–Kier alpha value is -2.90. The van der Waals surface area contributed by atoms with Crippen LogP contribution < -0.4 is 5.43 Å². The Morgan fingerprint density at radius 3 is 2.41 bits per heavy atom. The zero-order valence-electron chi connectivity index (χ0n) is 15.2. The number of rotatable bonds is 7. The molecule has 0 radical (unpaired) electrons. The van der Waals surface area contributed by atoms with Crippen LogP contribution in [0, 0.1) is 11.6 Å². The lowest BCUT2D eigenvalue weighted by atomic mass is 10.0. The average Bonchev–Trinajstić information content (AvgIpc) is 2.59. The summed E-state index contributed by atoms with van der Waals surface area (Å²) in [6, 6.07) is 0.812. The summed E-state index contributed by atoms with van der Waals surface area (Å²) in [4.78, 5) is 47.3. The van der Waals surface area contributed by atoms with Crippen LogP contribution in [0.4, 0.5) is 8.78 Å². The maximum absolute atomic E-state index is 15.0. The van der Waals surface area contributed by atoms with Crippen molar-refractivity contribution in [3.63, 3.8) is 0 Å². The van der Waals surface area contributed by atoms with Gasteiger partial charge in [-0.1, -0.05) is 0 Å². The van der Waals surface area contributed by atoms with E-state index in [-0.39, 0.29) is 29.6 Å².